The van der Waals surface area contributed by atoms with Gasteiger partial charge in [0.15, 0.2) is 5.79 Å². The molecule has 3 aliphatic rings. The summed E-state index contributed by atoms with van der Waals surface area (Å²) in [7, 11) is 0. The fourth-order valence-electron chi connectivity index (χ4n) is 3.77. The standard InChI is InChI=1S/C17H31N3O4/c1-14(2)10-19-5-6-22-15(11-19)9-18-16(21)12-20-4-3-17(13-20)23-7-8-24-17/h14-15H,3-13H2,1-2H3,(H,18,21)/t15-/m0/s1. The summed E-state index contributed by atoms with van der Waals surface area (Å²) >= 11 is 0. The van der Waals surface area contributed by atoms with Crippen molar-refractivity contribution < 1.29 is 19.0 Å². The molecule has 0 saturated carbocycles. The third-order valence-corrected chi connectivity index (χ3v) is 4.83. The van der Waals surface area contributed by atoms with Gasteiger partial charge in [-0.25, -0.2) is 0 Å². The van der Waals surface area contributed by atoms with Crippen molar-refractivity contribution >= 4 is 5.91 Å². The van der Waals surface area contributed by atoms with E-state index in [0.29, 0.717) is 38.8 Å². The van der Waals surface area contributed by atoms with Crippen molar-refractivity contribution in [2.75, 3.05) is 65.6 Å². The monoisotopic (exact) mass is 341 g/mol. The minimum absolute atomic E-state index is 0.0506. The predicted octanol–water partition coefficient (Wildman–Crippen LogP) is -0.0918. The Bertz CT molecular complexity index is 426. The number of carbonyl (C=O) groups excluding carboxylic acids is 1. The summed E-state index contributed by atoms with van der Waals surface area (Å²) in [4.78, 5) is 16.7. The molecule has 0 aromatic heterocycles. The zero-order chi connectivity index (χ0) is 17.0. The molecule has 0 bridgehead atoms. The summed E-state index contributed by atoms with van der Waals surface area (Å²) in [5.41, 5.74) is 0. The lowest BCUT2D eigenvalue weighted by molar-refractivity contribution is -0.146. The van der Waals surface area contributed by atoms with Crippen LogP contribution < -0.4 is 5.32 Å². The first-order valence-electron chi connectivity index (χ1n) is 9.16. The Morgan fingerprint density at radius 1 is 1.21 bits per heavy atom. The Morgan fingerprint density at radius 2 is 2.00 bits per heavy atom. The highest BCUT2D eigenvalue weighted by Gasteiger charge is 2.43. The van der Waals surface area contributed by atoms with E-state index in [0.717, 1.165) is 39.2 Å². The van der Waals surface area contributed by atoms with E-state index in [4.69, 9.17) is 14.2 Å². The molecule has 1 N–H and O–H groups in total. The minimum atomic E-state index is -0.454. The summed E-state index contributed by atoms with van der Waals surface area (Å²) in [6.07, 6.45) is 0.934. The smallest absolute Gasteiger partial charge is 0.234 e. The molecule has 3 fully saturated rings. The van der Waals surface area contributed by atoms with E-state index in [-0.39, 0.29) is 12.0 Å². The summed E-state index contributed by atoms with van der Waals surface area (Å²) in [6, 6.07) is 0. The van der Waals surface area contributed by atoms with Gasteiger partial charge in [-0.3, -0.25) is 14.6 Å². The molecule has 0 radical (unpaired) electrons. The molecule has 3 aliphatic heterocycles. The van der Waals surface area contributed by atoms with E-state index in [1.54, 1.807) is 0 Å². The molecule has 0 aromatic carbocycles. The molecule has 0 aliphatic carbocycles. The van der Waals surface area contributed by atoms with Gasteiger partial charge in [-0.1, -0.05) is 13.8 Å². The normalized spacial score (nSPS) is 28.0. The molecular weight excluding hydrogens is 310 g/mol. The van der Waals surface area contributed by atoms with E-state index >= 15 is 0 Å². The minimum Gasteiger partial charge on any atom is -0.374 e. The number of hydrogen-bond donors (Lipinski definition) is 1. The number of carbonyl (C=O) groups is 1. The summed E-state index contributed by atoms with van der Waals surface area (Å²) in [5.74, 6) is 0.250. The Morgan fingerprint density at radius 3 is 2.75 bits per heavy atom. The van der Waals surface area contributed by atoms with Crippen LogP contribution in [0.25, 0.3) is 0 Å². The van der Waals surface area contributed by atoms with Crippen molar-refractivity contribution in [1.29, 1.82) is 0 Å². The molecule has 24 heavy (non-hydrogen) atoms. The Labute approximate surface area is 144 Å². The average Bonchev–Trinajstić information content (AvgIpc) is 3.15. The Hall–Kier alpha value is -0.730. The topological polar surface area (TPSA) is 63.3 Å². The third kappa shape index (κ3) is 4.89. The van der Waals surface area contributed by atoms with Crippen LogP contribution in [0.1, 0.15) is 20.3 Å². The molecule has 138 valence electrons. The second kappa shape index (κ2) is 8.10. The number of amides is 1. The number of likely N-dealkylation sites (tertiary alicyclic amines) is 1. The van der Waals surface area contributed by atoms with Crippen LogP contribution in [0, 0.1) is 5.92 Å². The SMILES string of the molecule is CC(C)CN1CCO[C@@H](CNC(=O)CN2CCC3(C2)OCCO3)C1. The second-order valence-electron chi connectivity index (χ2n) is 7.52. The molecule has 3 heterocycles. The fourth-order valence-corrected chi connectivity index (χ4v) is 3.77. The predicted molar refractivity (Wildman–Crippen MR) is 89.7 cm³/mol. The van der Waals surface area contributed by atoms with Gasteiger partial charge in [0.2, 0.25) is 5.91 Å². The first-order chi connectivity index (χ1) is 11.5. The van der Waals surface area contributed by atoms with Gasteiger partial charge >= 0.3 is 0 Å². The lowest BCUT2D eigenvalue weighted by atomic mass is 10.2. The zero-order valence-electron chi connectivity index (χ0n) is 15.0. The van der Waals surface area contributed by atoms with Gasteiger partial charge in [0, 0.05) is 39.1 Å². The first-order valence-corrected chi connectivity index (χ1v) is 9.16. The maximum absolute atomic E-state index is 12.2. The van der Waals surface area contributed by atoms with Crippen molar-refractivity contribution in [1.82, 2.24) is 15.1 Å². The summed E-state index contributed by atoms with van der Waals surface area (Å²) in [6.45, 7) is 12.0. The number of hydrogen-bond acceptors (Lipinski definition) is 6. The van der Waals surface area contributed by atoms with Crippen molar-refractivity contribution in [2.45, 2.75) is 32.2 Å². The third-order valence-electron chi connectivity index (χ3n) is 4.83. The van der Waals surface area contributed by atoms with Gasteiger partial charge in [0.25, 0.3) is 0 Å². The lowest BCUT2D eigenvalue weighted by Gasteiger charge is -2.34. The molecule has 1 amide bonds. The molecule has 7 nitrogen and oxygen atoms in total. The molecule has 0 unspecified atom stereocenters. The fraction of sp³-hybridized carbons (Fsp3) is 0.941. The van der Waals surface area contributed by atoms with Crippen molar-refractivity contribution in [3.63, 3.8) is 0 Å². The van der Waals surface area contributed by atoms with E-state index in [9.17, 15) is 4.79 Å². The number of nitrogens with one attached hydrogen (secondary N) is 1. The van der Waals surface area contributed by atoms with Crippen molar-refractivity contribution in [3.8, 4) is 0 Å². The van der Waals surface area contributed by atoms with Gasteiger partial charge in [-0.2, -0.15) is 0 Å². The molecule has 3 rings (SSSR count). The van der Waals surface area contributed by atoms with Crippen LogP contribution >= 0.6 is 0 Å². The van der Waals surface area contributed by atoms with Gasteiger partial charge in [-0.05, 0) is 5.92 Å². The van der Waals surface area contributed by atoms with E-state index < -0.39 is 5.79 Å². The van der Waals surface area contributed by atoms with Gasteiger partial charge in [0.05, 0.1) is 39.0 Å². The molecule has 3 saturated heterocycles. The van der Waals surface area contributed by atoms with Crippen LogP contribution in [0.5, 0.6) is 0 Å². The van der Waals surface area contributed by atoms with Gasteiger partial charge in [0.1, 0.15) is 0 Å². The lowest BCUT2D eigenvalue weighted by Crippen LogP contribution is -2.49. The first kappa shape index (κ1) is 18.1. The molecular formula is C17H31N3O4. The van der Waals surface area contributed by atoms with E-state index in [1.165, 1.54) is 0 Å². The quantitative estimate of drug-likeness (QED) is 0.728. The van der Waals surface area contributed by atoms with Crippen LogP contribution in [-0.2, 0) is 19.0 Å². The second-order valence-corrected chi connectivity index (χ2v) is 7.52. The summed E-state index contributed by atoms with van der Waals surface area (Å²) in [5, 5.41) is 3.02. The molecule has 1 atom stereocenters. The molecule has 0 aromatic rings. The highest BCUT2D eigenvalue weighted by Crippen LogP contribution is 2.29. The number of nitrogens with zero attached hydrogens (tertiary/aromatic N) is 2. The van der Waals surface area contributed by atoms with Crippen molar-refractivity contribution in [3.05, 3.63) is 0 Å². The van der Waals surface area contributed by atoms with Crippen LogP contribution in [0.15, 0.2) is 0 Å². The largest absolute Gasteiger partial charge is 0.374 e. The van der Waals surface area contributed by atoms with Crippen LogP contribution in [-0.4, -0.2) is 93.2 Å². The van der Waals surface area contributed by atoms with Gasteiger partial charge < -0.3 is 19.5 Å². The summed E-state index contributed by atoms with van der Waals surface area (Å²) < 4.78 is 17.2. The van der Waals surface area contributed by atoms with Crippen LogP contribution in [0.2, 0.25) is 0 Å². The average molecular weight is 341 g/mol. The number of morpholine rings is 1. The van der Waals surface area contributed by atoms with Crippen LogP contribution in [0.4, 0.5) is 0 Å². The van der Waals surface area contributed by atoms with E-state index in [1.807, 2.05) is 0 Å². The highest BCUT2D eigenvalue weighted by molar-refractivity contribution is 5.78. The molecule has 1 spiro atoms. The highest BCUT2D eigenvalue weighted by atomic mass is 16.7. The Kier molecular flexibility index (Phi) is 6.10. The number of ether oxygens (including phenoxy) is 3. The molecule has 7 heteroatoms. The van der Waals surface area contributed by atoms with Gasteiger partial charge in [-0.15, -0.1) is 0 Å². The van der Waals surface area contributed by atoms with E-state index in [2.05, 4.69) is 29.0 Å². The number of rotatable bonds is 6. The maximum atomic E-state index is 12.2. The van der Waals surface area contributed by atoms with Crippen LogP contribution in [0.3, 0.4) is 0 Å². The Balaban J connectivity index is 1.35. The zero-order valence-corrected chi connectivity index (χ0v) is 15.0. The maximum Gasteiger partial charge on any atom is 0.234 e. The van der Waals surface area contributed by atoms with Crippen molar-refractivity contribution in [2.24, 2.45) is 5.92 Å².